The number of ether oxygens (including phenoxy) is 2. The van der Waals surface area contributed by atoms with E-state index in [9.17, 15) is 0 Å². The number of rotatable bonds is 0. The third-order valence-corrected chi connectivity index (χ3v) is 7.66. The molecule has 12 atom stereocenters. The Hall–Kier alpha value is -0.0800. The molecule has 12 unspecified atom stereocenters. The summed E-state index contributed by atoms with van der Waals surface area (Å²) in [6.07, 6.45) is 5.85. The van der Waals surface area contributed by atoms with E-state index in [1.165, 1.54) is 12.8 Å². The van der Waals surface area contributed by atoms with Crippen molar-refractivity contribution in [1.82, 2.24) is 0 Å². The van der Waals surface area contributed by atoms with E-state index >= 15 is 0 Å². The Bertz CT molecular complexity index is 434. The van der Waals surface area contributed by atoms with Crippen molar-refractivity contribution in [3.8, 4) is 0 Å². The van der Waals surface area contributed by atoms with Gasteiger partial charge in [-0.1, -0.05) is 0 Å². The minimum Gasteiger partial charge on any atom is -0.369 e. The standard InChI is InChI=1S/C14H16O2/c1-4-8-7-3-2-6-14(15-6)10(3)11(7)9(8)5(1)13-12(4)16-13/h3-14H,1-2H2. The van der Waals surface area contributed by atoms with Gasteiger partial charge in [0, 0.05) is 0 Å². The van der Waals surface area contributed by atoms with Crippen molar-refractivity contribution in [1.29, 1.82) is 0 Å². The molecule has 84 valence electrons. The number of hydrogen-bond acceptors (Lipinski definition) is 2. The second-order valence-electron chi connectivity index (χ2n) is 7.55. The lowest BCUT2D eigenvalue weighted by atomic mass is 9.36. The first-order valence-corrected chi connectivity index (χ1v) is 7.24. The monoisotopic (exact) mass is 216 g/mol. The van der Waals surface area contributed by atoms with Crippen molar-refractivity contribution in [3.63, 3.8) is 0 Å². The van der Waals surface area contributed by atoms with Gasteiger partial charge in [-0.05, 0) is 60.2 Å². The van der Waals surface area contributed by atoms with Crippen molar-refractivity contribution in [2.75, 3.05) is 0 Å². The van der Waals surface area contributed by atoms with Crippen LogP contribution < -0.4 is 0 Å². The first kappa shape index (κ1) is 7.38. The van der Waals surface area contributed by atoms with Crippen molar-refractivity contribution in [2.45, 2.75) is 37.3 Å². The molecule has 0 aromatic heterocycles. The largest absolute Gasteiger partial charge is 0.369 e. The van der Waals surface area contributed by atoms with Crippen LogP contribution in [0, 0.1) is 47.3 Å². The summed E-state index contributed by atoms with van der Waals surface area (Å²) in [4.78, 5) is 0. The van der Waals surface area contributed by atoms with Gasteiger partial charge >= 0.3 is 0 Å². The van der Waals surface area contributed by atoms with Crippen molar-refractivity contribution in [2.24, 2.45) is 47.3 Å². The Balaban J connectivity index is 1.35. The Morgan fingerprint density at radius 2 is 1.31 bits per heavy atom. The van der Waals surface area contributed by atoms with E-state index in [1.54, 1.807) is 0 Å². The molecular weight excluding hydrogens is 200 g/mol. The van der Waals surface area contributed by atoms with Gasteiger partial charge in [-0.3, -0.25) is 0 Å². The predicted molar refractivity (Wildman–Crippen MR) is 54.5 cm³/mol. The van der Waals surface area contributed by atoms with Crippen LogP contribution in [0.2, 0.25) is 0 Å². The molecule has 0 spiro atoms. The summed E-state index contributed by atoms with van der Waals surface area (Å²) in [6.45, 7) is 0. The number of hydrogen-bond donors (Lipinski definition) is 0. The Morgan fingerprint density at radius 3 is 2.19 bits per heavy atom. The first-order valence-electron chi connectivity index (χ1n) is 7.24. The summed E-state index contributed by atoms with van der Waals surface area (Å²) in [5.41, 5.74) is 0. The van der Waals surface area contributed by atoms with Crippen LogP contribution in [0.4, 0.5) is 0 Å². The summed E-state index contributed by atoms with van der Waals surface area (Å²) in [5, 5.41) is 0. The van der Waals surface area contributed by atoms with E-state index in [0.717, 1.165) is 65.7 Å². The zero-order chi connectivity index (χ0) is 9.76. The first-order chi connectivity index (χ1) is 7.93. The number of epoxide rings is 2. The second-order valence-corrected chi connectivity index (χ2v) is 7.55. The molecule has 7 fully saturated rings. The molecule has 0 aromatic carbocycles. The maximum Gasteiger partial charge on any atom is 0.0875 e. The highest BCUT2D eigenvalue weighted by Gasteiger charge is 2.83. The topological polar surface area (TPSA) is 25.1 Å². The third-order valence-electron chi connectivity index (χ3n) is 7.66. The fraction of sp³-hybridized carbons (Fsp3) is 1.00. The van der Waals surface area contributed by atoms with Crippen LogP contribution in [-0.4, -0.2) is 24.4 Å². The average molecular weight is 216 g/mol. The van der Waals surface area contributed by atoms with Gasteiger partial charge < -0.3 is 9.47 Å². The van der Waals surface area contributed by atoms with Crippen LogP contribution in [0.25, 0.3) is 0 Å². The maximum absolute atomic E-state index is 5.87. The smallest absolute Gasteiger partial charge is 0.0875 e. The molecule has 5 saturated carbocycles. The molecule has 0 aromatic rings. The molecule has 2 nitrogen and oxygen atoms in total. The van der Waals surface area contributed by atoms with Crippen molar-refractivity contribution >= 4 is 0 Å². The van der Waals surface area contributed by atoms with Crippen LogP contribution >= 0.6 is 0 Å². The molecule has 7 rings (SSSR count). The molecule has 2 saturated heterocycles. The van der Waals surface area contributed by atoms with Crippen molar-refractivity contribution < 1.29 is 9.47 Å². The molecule has 5 aliphatic carbocycles. The highest BCUT2D eigenvalue weighted by molar-refractivity contribution is 5.30. The zero-order valence-electron chi connectivity index (χ0n) is 9.16. The summed E-state index contributed by atoms with van der Waals surface area (Å²) < 4.78 is 11.6. The minimum absolute atomic E-state index is 0.713. The Kier molecular flexibility index (Phi) is 0.836. The summed E-state index contributed by atoms with van der Waals surface area (Å²) in [5.74, 6) is 8.50. The second kappa shape index (κ2) is 1.81. The van der Waals surface area contributed by atoms with E-state index < -0.39 is 0 Å². The van der Waals surface area contributed by atoms with Gasteiger partial charge in [0.15, 0.2) is 0 Å². The maximum atomic E-state index is 5.87. The fourth-order valence-corrected chi connectivity index (χ4v) is 7.39. The predicted octanol–water partition coefficient (Wildman–Crippen LogP) is 1.30. The zero-order valence-corrected chi connectivity index (χ0v) is 9.16. The Morgan fingerprint density at radius 1 is 0.562 bits per heavy atom. The van der Waals surface area contributed by atoms with Crippen molar-refractivity contribution in [3.05, 3.63) is 0 Å². The summed E-state index contributed by atoms with van der Waals surface area (Å²) in [6, 6.07) is 0. The van der Waals surface area contributed by atoms with E-state index in [4.69, 9.17) is 9.47 Å². The van der Waals surface area contributed by atoms with Crippen LogP contribution in [0.1, 0.15) is 12.8 Å². The molecule has 16 heavy (non-hydrogen) atoms. The lowest BCUT2D eigenvalue weighted by Crippen LogP contribution is -2.66. The molecular formula is C14H16O2. The van der Waals surface area contributed by atoms with E-state index in [-0.39, 0.29) is 0 Å². The average Bonchev–Trinajstić information content (AvgIpc) is 3.12. The third kappa shape index (κ3) is 0.504. The van der Waals surface area contributed by atoms with Gasteiger partial charge in [0.05, 0.1) is 24.4 Å². The van der Waals surface area contributed by atoms with Crippen LogP contribution in [0.3, 0.4) is 0 Å². The molecule has 2 aliphatic heterocycles. The van der Waals surface area contributed by atoms with Gasteiger partial charge in [0.25, 0.3) is 0 Å². The highest BCUT2D eigenvalue weighted by atomic mass is 16.6. The van der Waals surface area contributed by atoms with Crippen LogP contribution in [0.15, 0.2) is 0 Å². The minimum atomic E-state index is 0.713. The van der Waals surface area contributed by atoms with Gasteiger partial charge in [-0.15, -0.1) is 0 Å². The Labute approximate surface area is 94.7 Å². The molecule has 7 aliphatic rings. The summed E-state index contributed by atoms with van der Waals surface area (Å²) >= 11 is 0. The SMILES string of the molecule is C1C2C3OC3C1C1C2C2C3CC4OC4C3C12. The highest BCUT2D eigenvalue weighted by Crippen LogP contribution is 2.82. The molecule has 2 heterocycles. The van der Waals surface area contributed by atoms with Gasteiger partial charge in [0.2, 0.25) is 0 Å². The van der Waals surface area contributed by atoms with E-state index in [2.05, 4.69) is 0 Å². The van der Waals surface area contributed by atoms with Gasteiger partial charge in [-0.2, -0.15) is 0 Å². The molecule has 2 bridgehead atoms. The lowest BCUT2D eigenvalue weighted by Gasteiger charge is -2.68. The van der Waals surface area contributed by atoms with Crippen LogP contribution in [0.5, 0.6) is 0 Å². The van der Waals surface area contributed by atoms with E-state index in [1.807, 2.05) is 0 Å². The summed E-state index contributed by atoms with van der Waals surface area (Å²) in [7, 11) is 0. The fourth-order valence-electron chi connectivity index (χ4n) is 7.39. The van der Waals surface area contributed by atoms with E-state index in [0.29, 0.717) is 6.10 Å². The van der Waals surface area contributed by atoms with Gasteiger partial charge in [0.1, 0.15) is 0 Å². The molecule has 0 amide bonds. The lowest BCUT2D eigenvalue weighted by molar-refractivity contribution is -0.222. The quantitative estimate of drug-likeness (QED) is 0.450. The van der Waals surface area contributed by atoms with Crippen LogP contribution in [-0.2, 0) is 9.47 Å². The molecule has 0 radical (unpaired) electrons. The normalized spacial score (nSPS) is 87.0. The molecule has 2 heteroatoms. The number of fused-ring (bicyclic) bond motifs is 16. The molecule has 0 N–H and O–H groups in total. The van der Waals surface area contributed by atoms with Gasteiger partial charge in [-0.25, -0.2) is 0 Å².